The van der Waals surface area contributed by atoms with Gasteiger partial charge in [-0.25, -0.2) is 14.6 Å². The molecule has 1 fully saturated rings. The molecule has 0 aliphatic carbocycles. The van der Waals surface area contributed by atoms with Gasteiger partial charge in [-0.2, -0.15) is 0 Å². The maximum atomic E-state index is 12.2. The fourth-order valence-corrected chi connectivity index (χ4v) is 2.35. The molecule has 21 heavy (non-hydrogen) atoms. The number of nitrogens with zero attached hydrogens (tertiary/aromatic N) is 6. The summed E-state index contributed by atoms with van der Waals surface area (Å²) in [4.78, 5) is 24.3. The summed E-state index contributed by atoms with van der Waals surface area (Å²) in [6, 6.07) is 5.84. The molecule has 8 nitrogen and oxygen atoms in total. The molecule has 2 aromatic heterocycles. The molecule has 3 heterocycles. The molecule has 0 spiro atoms. The first-order valence-corrected chi connectivity index (χ1v) is 6.81. The summed E-state index contributed by atoms with van der Waals surface area (Å²) in [6.45, 7) is 3.09. The first kappa shape index (κ1) is 13.3. The minimum atomic E-state index is 0.0283. The second-order valence-electron chi connectivity index (χ2n) is 4.86. The van der Waals surface area contributed by atoms with Crippen LogP contribution in [0.3, 0.4) is 0 Å². The number of anilines is 2. The van der Waals surface area contributed by atoms with Crippen LogP contribution in [-0.4, -0.2) is 56.7 Å². The molecular formula is C13H17N7O. The number of piperazine rings is 1. The molecule has 0 unspecified atom stereocenters. The summed E-state index contributed by atoms with van der Waals surface area (Å²) in [5.74, 6) is 1.16. The number of aromatic nitrogens is 4. The standard InChI is InChI=1S/C13H17N7O/c14-13-16-10-20(17-13)9-12(21)19-7-5-18(6-8-19)11-3-1-2-4-15-11/h1-4,10H,5-9H2,(H2,14,17). The Kier molecular flexibility index (Phi) is 3.67. The van der Waals surface area contributed by atoms with Crippen molar-refractivity contribution in [2.24, 2.45) is 0 Å². The van der Waals surface area contributed by atoms with Gasteiger partial charge in [0, 0.05) is 32.4 Å². The van der Waals surface area contributed by atoms with Gasteiger partial charge in [-0.1, -0.05) is 6.07 Å². The van der Waals surface area contributed by atoms with E-state index in [1.807, 2.05) is 23.1 Å². The SMILES string of the molecule is Nc1ncn(CC(=O)N2CCN(c3ccccn3)CC2)n1. The van der Waals surface area contributed by atoms with E-state index in [0.29, 0.717) is 13.1 Å². The highest BCUT2D eigenvalue weighted by Crippen LogP contribution is 2.12. The van der Waals surface area contributed by atoms with Crippen molar-refractivity contribution in [2.75, 3.05) is 36.8 Å². The number of amides is 1. The zero-order valence-electron chi connectivity index (χ0n) is 11.6. The van der Waals surface area contributed by atoms with E-state index in [2.05, 4.69) is 20.0 Å². The molecule has 1 saturated heterocycles. The normalized spacial score (nSPS) is 15.2. The molecule has 0 radical (unpaired) electrons. The molecule has 0 bridgehead atoms. The van der Waals surface area contributed by atoms with Gasteiger partial charge in [-0.3, -0.25) is 4.79 Å². The number of carbonyl (C=O) groups excluding carboxylic acids is 1. The topological polar surface area (TPSA) is 93.2 Å². The van der Waals surface area contributed by atoms with Crippen LogP contribution < -0.4 is 10.6 Å². The number of hydrogen-bond donors (Lipinski definition) is 1. The first-order valence-electron chi connectivity index (χ1n) is 6.81. The van der Waals surface area contributed by atoms with Crippen LogP contribution in [0.4, 0.5) is 11.8 Å². The van der Waals surface area contributed by atoms with E-state index >= 15 is 0 Å². The average molecular weight is 287 g/mol. The molecular weight excluding hydrogens is 270 g/mol. The Hall–Kier alpha value is -2.64. The molecule has 110 valence electrons. The highest BCUT2D eigenvalue weighted by molar-refractivity contribution is 5.76. The number of hydrogen-bond acceptors (Lipinski definition) is 6. The number of nitrogens with two attached hydrogens (primary N) is 1. The molecule has 0 saturated carbocycles. The highest BCUT2D eigenvalue weighted by Gasteiger charge is 2.22. The lowest BCUT2D eigenvalue weighted by Crippen LogP contribution is -2.49. The fourth-order valence-electron chi connectivity index (χ4n) is 2.35. The summed E-state index contributed by atoms with van der Waals surface area (Å²) in [5.41, 5.74) is 5.43. The van der Waals surface area contributed by atoms with Crippen molar-refractivity contribution in [1.82, 2.24) is 24.6 Å². The second kappa shape index (κ2) is 5.78. The Morgan fingerprint density at radius 2 is 2.00 bits per heavy atom. The number of carbonyl (C=O) groups is 1. The first-order chi connectivity index (χ1) is 10.2. The lowest BCUT2D eigenvalue weighted by atomic mass is 10.3. The Labute approximate surface area is 122 Å². The molecule has 2 N–H and O–H groups in total. The van der Waals surface area contributed by atoms with Gasteiger partial charge < -0.3 is 15.5 Å². The zero-order valence-corrected chi connectivity index (χ0v) is 11.6. The third-order valence-electron chi connectivity index (χ3n) is 3.46. The van der Waals surface area contributed by atoms with Gasteiger partial charge in [0.25, 0.3) is 0 Å². The van der Waals surface area contributed by atoms with Crippen LogP contribution in [0.2, 0.25) is 0 Å². The zero-order chi connectivity index (χ0) is 14.7. The van der Waals surface area contributed by atoms with Crippen LogP contribution >= 0.6 is 0 Å². The Balaban J connectivity index is 1.54. The van der Waals surface area contributed by atoms with Crippen LogP contribution in [-0.2, 0) is 11.3 Å². The van der Waals surface area contributed by atoms with E-state index in [9.17, 15) is 4.79 Å². The molecule has 0 aromatic carbocycles. The monoisotopic (exact) mass is 287 g/mol. The maximum absolute atomic E-state index is 12.2. The van der Waals surface area contributed by atoms with Gasteiger partial charge in [-0.05, 0) is 12.1 Å². The van der Waals surface area contributed by atoms with Gasteiger partial charge in [-0.15, -0.1) is 5.10 Å². The minimum Gasteiger partial charge on any atom is -0.367 e. The average Bonchev–Trinajstić information content (AvgIpc) is 2.93. The van der Waals surface area contributed by atoms with Crippen molar-refractivity contribution in [1.29, 1.82) is 0 Å². The van der Waals surface area contributed by atoms with Crippen molar-refractivity contribution in [3.63, 3.8) is 0 Å². The number of pyridine rings is 1. The van der Waals surface area contributed by atoms with E-state index < -0.39 is 0 Å². The second-order valence-corrected chi connectivity index (χ2v) is 4.86. The van der Waals surface area contributed by atoms with Gasteiger partial charge in [0.2, 0.25) is 11.9 Å². The Bertz CT molecular complexity index is 604. The molecule has 0 atom stereocenters. The maximum Gasteiger partial charge on any atom is 0.244 e. The summed E-state index contributed by atoms with van der Waals surface area (Å²) >= 11 is 0. The lowest BCUT2D eigenvalue weighted by molar-refractivity contribution is -0.132. The largest absolute Gasteiger partial charge is 0.367 e. The minimum absolute atomic E-state index is 0.0283. The van der Waals surface area contributed by atoms with E-state index in [1.54, 1.807) is 6.20 Å². The predicted molar refractivity (Wildman–Crippen MR) is 77.5 cm³/mol. The van der Waals surface area contributed by atoms with Gasteiger partial charge >= 0.3 is 0 Å². The van der Waals surface area contributed by atoms with Crippen LogP contribution in [0.25, 0.3) is 0 Å². The van der Waals surface area contributed by atoms with Crippen LogP contribution in [0.15, 0.2) is 30.7 Å². The molecule has 8 heteroatoms. The summed E-state index contributed by atoms with van der Waals surface area (Å²) in [6.07, 6.45) is 3.25. The van der Waals surface area contributed by atoms with Gasteiger partial charge in [0.1, 0.15) is 18.7 Å². The van der Waals surface area contributed by atoms with Crippen LogP contribution in [0, 0.1) is 0 Å². The van der Waals surface area contributed by atoms with Crippen molar-refractivity contribution in [3.8, 4) is 0 Å². The molecule has 1 amide bonds. The Morgan fingerprint density at radius 1 is 1.19 bits per heavy atom. The van der Waals surface area contributed by atoms with Crippen molar-refractivity contribution < 1.29 is 4.79 Å². The van der Waals surface area contributed by atoms with Crippen LogP contribution in [0.1, 0.15) is 0 Å². The van der Waals surface area contributed by atoms with Crippen molar-refractivity contribution in [2.45, 2.75) is 6.54 Å². The van der Waals surface area contributed by atoms with E-state index in [-0.39, 0.29) is 18.4 Å². The predicted octanol–water partition coefficient (Wildman–Crippen LogP) is -0.396. The van der Waals surface area contributed by atoms with E-state index in [0.717, 1.165) is 18.9 Å². The third kappa shape index (κ3) is 3.10. The molecule has 1 aliphatic heterocycles. The number of nitrogen functional groups attached to an aromatic ring is 1. The number of rotatable bonds is 3. The summed E-state index contributed by atoms with van der Waals surface area (Å²) in [5, 5.41) is 3.92. The summed E-state index contributed by atoms with van der Waals surface area (Å²) < 4.78 is 1.46. The lowest BCUT2D eigenvalue weighted by Gasteiger charge is -2.35. The van der Waals surface area contributed by atoms with Crippen LogP contribution in [0.5, 0.6) is 0 Å². The van der Waals surface area contributed by atoms with E-state index in [4.69, 9.17) is 5.73 Å². The van der Waals surface area contributed by atoms with Crippen molar-refractivity contribution >= 4 is 17.7 Å². The third-order valence-corrected chi connectivity index (χ3v) is 3.46. The fraction of sp³-hybridized carbons (Fsp3) is 0.385. The smallest absolute Gasteiger partial charge is 0.244 e. The quantitative estimate of drug-likeness (QED) is 0.826. The van der Waals surface area contributed by atoms with E-state index in [1.165, 1.54) is 11.0 Å². The van der Waals surface area contributed by atoms with Gasteiger partial charge in [0.05, 0.1) is 0 Å². The van der Waals surface area contributed by atoms with Crippen molar-refractivity contribution in [3.05, 3.63) is 30.7 Å². The van der Waals surface area contributed by atoms with Gasteiger partial charge in [0.15, 0.2) is 0 Å². The summed E-state index contributed by atoms with van der Waals surface area (Å²) in [7, 11) is 0. The molecule has 2 aromatic rings. The molecule has 3 rings (SSSR count). The molecule has 1 aliphatic rings. The Morgan fingerprint density at radius 3 is 2.62 bits per heavy atom. The highest BCUT2D eigenvalue weighted by atomic mass is 16.2.